The molecule has 0 bridgehead atoms. The van der Waals surface area contributed by atoms with Gasteiger partial charge in [-0.15, -0.1) is 35.9 Å². The number of nitrogens with zero attached hydrogens (tertiary/aromatic N) is 1. The first kappa shape index (κ1) is 23.2. The van der Waals surface area contributed by atoms with E-state index in [9.17, 15) is 9.18 Å². The molecule has 30 heavy (non-hydrogen) atoms. The maximum Gasteiger partial charge on any atom is 0.155 e. The van der Waals surface area contributed by atoms with Gasteiger partial charge in [0.25, 0.3) is 0 Å². The van der Waals surface area contributed by atoms with Crippen LogP contribution in [-0.2, 0) is 24.9 Å². The Bertz CT molecular complexity index is 1150. The van der Waals surface area contributed by atoms with E-state index in [0.717, 1.165) is 22.2 Å². The fourth-order valence-corrected chi connectivity index (χ4v) is 2.70. The Labute approximate surface area is 187 Å². The van der Waals surface area contributed by atoms with Crippen molar-refractivity contribution in [2.24, 2.45) is 0 Å². The Balaban J connectivity index is 0.000000350. The molecule has 4 rings (SSSR count). The Hall–Kier alpha value is -3.08. The molecule has 0 fully saturated rings. The second-order valence-corrected chi connectivity index (χ2v) is 6.40. The van der Waals surface area contributed by atoms with Crippen LogP contribution in [0.1, 0.15) is 13.8 Å². The van der Waals surface area contributed by atoms with Gasteiger partial charge in [-0.2, -0.15) is 0 Å². The maximum absolute atomic E-state index is 13.0. The summed E-state index contributed by atoms with van der Waals surface area (Å²) in [6.45, 7) is 2.85. The number of hydrogen-bond acceptors (Lipinski definition) is 4. The SMILES string of the molecule is CC(=O)/C=C(/C)O.Fc1ccc(-c2cc3cc(-c4[c-]cccc4)ncc3o2)cc1.[Ir]. The van der Waals surface area contributed by atoms with Crippen molar-refractivity contribution in [3.05, 3.63) is 90.6 Å². The van der Waals surface area contributed by atoms with Gasteiger partial charge in [0.1, 0.15) is 11.6 Å². The number of aliphatic hydroxyl groups is 1. The topological polar surface area (TPSA) is 63.3 Å². The van der Waals surface area contributed by atoms with E-state index < -0.39 is 0 Å². The number of allylic oxidation sites excluding steroid dienone is 2. The molecule has 0 spiro atoms. The molecule has 0 aliphatic rings. The van der Waals surface area contributed by atoms with Crippen molar-refractivity contribution >= 4 is 16.8 Å². The van der Waals surface area contributed by atoms with Gasteiger partial charge in [0.2, 0.25) is 0 Å². The molecule has 1 radical (unpaired) electrons. The molecule has 2 aromatic carbocycles. The molecule has 0 saturated heterocycles. The monoisotopic (exact) mass is 581 g/mol. The van der Waals surface area contributed by atoms with E-state index in [0.29, 0.717) is 11.3 Å². The molecule has 0 amide bonds. The smallest absolute Gasteiger partial charge is 0.155 e. The number of fused-ring (bicyclic) bond motifs is 1. The number of furan rings is 1. The van der Waals surface area contributed by atoms with Crippen molar-refractivity contribution < 1.29 is 38.8 Å². The summed E-state index contributed by atoms with van der Waals surface area (Å²) in [5, 5.41) is 9.32. The average Bonchev–Trinajstić information content (AvgIpc) is 3.12. The zero-order valence-corrected chi connectivity index (χ0v) is 18.7. The minimum absolute atomic E-state index is 0. The van der Waals surface area contributed by atoms with Crippen molar-refractivity contribution in [3.63, 3.8) is 0 Å². The molecule has 0 aliphatic heterocycles. The summed E-state index contributed by atoms with van der Waals surface area (Å²) in [4.78, 5) is 14.4. The minimum Gasteiger partial charge on any atom is -0.512 e. The van der Waals surface area contributed by atoms with E-state index in [-0.39, 0.29) is 37.5 Å². The standard InChI is InChI=1S/C19H11FNO.C5H8O2.Ir/c20-16-8-6-14(7-9-16)18-11-15-10-17(21-12-19(15)22-18)13-4-2-1-3-5-13;1-4(6)3-5(2)7;/h1-4,6-12H;3,6H,1-2H3;/q-1;;/b;4-3-;. The first-order valence-electron chi connectivity index (χ1n) is 8.93. The zero-order chi connectivity index (χ0) is 20.8. The van der Waals surface area contributed by atoms with Gasteiger partial charge < -0.3 is 14.5 Å². The minimum atomic E-state index is -0.261. The van der Waals surface area contributed by atoms with Crippen LogP contribution in [0.2, 0.25) is 0 Å². The van der Waals surface area contributed by atoms with Crippen LogP contribution in [0.4, 0.5) is 4.39 Å². The number of aliphatic hydroxyl groups excluding tert-OH is 1. The number of aromatic nitrogens is 1. The molecule has 2 heterocycles. The number of carbonyl (C=O) groups excluding carboxylic acids is 1. The molecule has 0 atom stereocenters. The Morgan fingerprint density at radius 1 is 1.13 bits per heavy atom. The van der Waals surface area contributed by atoms with E-state index in [1.807, 2.05) is 36.4 Å². The summed E-state index contributed by atoms with van der Waals surface area (Å²) in [5.41, 5.74) is 3.33. The molecule has 4 aromatic rings. The summed E-state index contributed by atoms with van der Waals surface area (Å²) in [5.74, 6) is 0.377. The third kappa shape index (κ3) is 6.21. The summed E-state index contributed by atoms with van der Waals surface area (Å²) >= 11 is 0. The first-order valence-corrected chi connectivity index (χ1v) is 8.93. The molecular formula is C24H19FIrNO3-. The number of carbonyl (C=O) groups is 1. The summed E-state index contributed by atoms with van der Waals surface area (Å²) in [6, 6.07) is 21.0. The van der Waals surface area contributed by atoms with Crippen LogP contribution in [0.5, 0.6) is 0 Å². The van der Waals surface area contributed by atoms with Crippen LogP contribution in [0.3, 0.4) is 0 Å². The van der Waals surface area contributed by atoms with E-state index in [1.54, 1.807) is 18.3 Å². The Morgan fingerprint density at radius 3 is 2.43 bits per heavy atom. The van der Waals surface area contributed by atoms with Crippen LogP contribution in [0.25, 0.3) is 33.6 Å². The predicted molar refractivity (Wildman–Crippen MR) is 111 cm³/mol. The van der Waals surface area contributed by atoms with Gasteiger partial charge in [-0.05, 0) is 49.9 Å². The van der Waals surface area contributed by atoms with Crippen molar-refractivity contribution in [1.82, 2.24) is 4.98 Å². The molecule has 4 nitrogen and oxygen atoms in total. The zero-order valence-electron chi connectivity index (χ0n) is 16.4. The van der Waals surface area contributed by atoms with Crippen LogP contribution in [0, 0.1) is 11.9 Å². The molecule has 2 aromatic heterocycles. The fourth-order valence-electron chi connectivity index (χ4n) is 2.70. The largest absolute Gasteiger partial charge is 0.512 e. The predicted octanol–water partition coefficient (Wildman–Crippen LogP) is 6.14. The van der Waals surface area contributed by atoms with E-state index in [1.165, 1.54) is 32.1 Å². The van der Waals surface area contributed by atoms with E-state index in [2.05, 4.69) is 11.1 Å². The third-order valence-corrected chi connectivity index (χ3v) is 3.93. The van der Waals surface area contributed by atoms with E-state index >= 15 is 0 Å². The Kier molecular flexibility index (Phi) is 8.22. The number of ketones is 1. The van der Waals surface area contributed by atoms with Gasteiger partial charge in [-0.3, -0.25) is 4.79 Å². The third-order valence-electron chi connectivity index (χ3n) is 3.93. The quantitative estimate of drug-likeness (QED) is 0.180. The Morgan fingerprint density at radius 2 is 1.87 bits per heavy atom. The maximum atomic E-state index is 13.0. The van der Waals surface area contributed by atoms with Crippen LogP contribution in [-0.4, -0.2) is 15.9 Å². The van der Waals surface area contributed by atoms with Gasteiger partial charge in [-0.1, -0.05) is 6.07 Å². The van der Waals surface area contributed by atoms with Gasteiger partial charge in [0.05, 0.1) is 12.0 Å². The van der Waals surface area contributed by atoms with Gasteiger partial charge >= 0.3 is 0 Å². The average molecular weight is 581 g/mol. The molecule has 0 saturated carbocycles. The normalized spacial score (nSPS) is 10.7. The summed E-state index contributed by atoms with van der Waals surface area (Å²) < 4.78 is 18.8. The molecular weight excluding hydrogens is 561 g/mol. The van der Waals surface area contributed by atoms with Gasteiger partial charge in [0.15, 0.2) is 11.4 Å². The second-order valence-electron chi connectivity index (χ2n) is 6.40. The number of hydrogen-bond donors (Lipinski definition) is 1. The number of rotatable bonds is 3. The first-order chi connectivity index (χ1) is 13.9. The number of halogens is 1. The molecule has 155 valence electrons. The fraction of sp³-hybridized carbons (Fsp3) is 0.0833. The van der Waals surface area contributed by atoms with Crippen LogP contribution < -0.4 is 0 Å². The van der Waals surface area contributed by atoms with Crippen LogP contribution >= 0.6 is 0 Å². The van der Waals surface area contributed by atoms with Gasteiger partial charge in [-0.25, -0.2) is 4.39 Å². The van der Waals surface area contributed by atoms with Crippen molar-refractivity contribution in [2.75, 3.05) is 0 Å². The van der Waals surface area contributed by atoms with Gasteiger partial charge in [0, 0.05) is 37.1 Å². The molecule has 0 unspecified atom stereocenters. The van der Waals surface area contributed by atoms with Crippen LogP contribution in [0.15, 0.2) is 83.1 Å². The van der Waals surface area contributed by atoms with Crippen molar-refractivity contribution in [1.29, 1.82) is 0 Å². The molecule has 0 aliphatic carbocycles. The number of benzene rings is 2. The van der Waals surface area contributed by atoms with E-state index in [4.69, 9.17) is 9.52 Å². The summed E-state index contributed by atoms with van der Waals surface area (Å²) in [7, 11) is 0. The number of pyridine rings is 1. The second kappa shape index (κ2) is 10.6. The molecule has 6 heteroatoms. The van der Waals surface area contributed by atoms with Crippen molar-refractivity contribution in [3.8, 4) is 22.6 Å². The van der Waals surface area contributed by atoms with Crippen molar-refractivity contribution in [2.45, 2.75) is 13.8 Å². The summed E-state index contributed by atoms with van der Waals surface area (Å²) in [6.07, 6.45) is 2.87. The molecule has 1 N–H and O–H groups in total.